The fraction of sp³-hybridized carbons (Fsp3) is 0.263. The van der Waals surface area contributed by atoms with Gasteiger partial charge in [0.25, 0.3) is 0 Å². The SMILES string of the molecule is Cc1cnnc(N2CCc3ncc(-c4cccnc4F)cc3C2)c1C. The third-order valence-electron chi connectivity index (χ3n) is 4.74. The fourth-order valence-corrected chi connectivity index (χ4v) is 3.17. The molecule has 4 heterocycles. The number of aryl methyl sites for hydroxylation is 1. The third kappa shape index (κ3) is 2.84. The molecule has 0 saturated heterocycles. The summed E-state index contributed by atoms with van der Waals surface area (Å²) >= 11 is 0. The number of hydrogen-bond donors (Lipinski definition) is 0. The van der Waals surface area contributed by atoms with Gasteiger partial charge < -0.3 is 4.90 Å². The maximum absolute atomic E-state index is 14.0. The quantitative estimate of drug-likeness (QED) is 0.673. The Morgan fingerprint density at radius 3 is 2.88 bits per heavy atom. The normalized spacial score (nSPS) is 13.6. The maximum atomic E-state index is 14.0. The lowest BCUT2D eigenvalue weighted by Crippen LogP contribution is -2.32. The molecule has 0 bridgehead atoms. The van der Waals surface area contributed by atoms with Crippen LogP contribution in [0.1, 0.15) is 22.4 Å². The van der Waals surface area contributed by atoms with E-state index in [1.165, 1.54) is 6.20 Å². The summed E-state index contributed by atoms with van der Waals surface area (Å²) < 4.78 is 14.0. The van der Waals surface area contributed by atoms with Gasteiger partial charge in [0.05, 0.1) is 6.20 Å². The Bertz CT molecular complexity index is 941. The Kier molecular flexibility index (Phi) is 3.87. The van der Waals surface area contributed by atoms with Crippen LogP contribution >= 0.6 is 0 Å². The van der Waals surface area contributed by atoms with Crippen molar-refractivity contribution in [1.82, 2.24) is 20.2 Å². The van der Waals surface area contributed by atoms with Crippen LogP contribution in [-0.4, -0.2) is 26.7 Å². The van der Waals surface area contributed by atoms with Crippen LogP contribution in [0.25, 0.3) is 11.1 Å². The number of hydrogen-bond acceptors (Lipinski definition) is 5. The number of halogens is 1. The minimum absolute atomic E-state index is 0.474. The number of nitrogens with zero attached hydrogens (tertiary/aromatic N) is 5. The molecule has 0 unspecified atom stereocenters. The van der Waals surface area contributed by atoms with E-state index in [0.29, 0.717) is 12.1 Å². The molecule has 0 atom stereocenters. The Morgan fingerprint density at radius 2 is 2.04 bits per heavy atom. The van der Waals surface area contributed by atoms with Gasteiger partial charge in [0, 0.05) is 48.7 Å². The van der Waals surface area contributed by atoms with E-state index in [-0.39, 0.29) is 0 Å². The summed E-state index contributed by atoms with van der Waals surface area (Å²) in [4.78, 5) is 10.5. The molecule has 0 radical (unpaired) electrons. The monoisotopic (exact) mass is 335 g/mol. The Hall–Kier alpha value is -2.89. The molecule has 1 aliphatic rings. The number of rotatable bonds is 2. The summed E-state index contributed by atoms with van der Waals surface area (Å²) in [7, 11) is 0. The van der Waals surface area contributed by atoms with Gasteiger partial charge in [-0.2, -0.15) is 9.49 Å². The van der Waals surface area contributed by atoms with Crippen molar-refractivity contribution in [2.24, 2.45) is 0 Å². The van der Waals surface area contributed by atoms with E-state index in [4.69, 9.17) is 0 Å². The van der Waals surface area contributed by atoms with E-state index in [2.05, 4.69) is 32.0 Å². The molecule has 6 heteroatoms. The van der Waals surface area contributed by atoms with Crippen molar-refractivity contribution in [3.63, 3.8) is 0 Å². The van der Waals surface area contributed by atoms with Crippen molar-refractivity contribution in [3.05, 3.63) is 65.1 Å². The highest BCUT2D eigenvalue weighted by Crippen LogP contribution is 2.28. The van der Waals surface area contributed by atoms with Gasteiger partial charge >= 0.3 is 0 Å². The zero-order chi connectivity index (χ0) is 17.4. The first-order chi connectivity index (χ1) is 12.1. The topological polar surface area (TPSA) is 54.8 Å². The van der Waals surface area contributed by atoms with Gasteiger partial charge in [0.2, 0.25) is 5.95 Å². The smallest absolute Gasteiger partial charge is 0.220 e. The summed E-state index contributed by atoms with van der Waals surface area (Å²) in [6, 6.07) is 5.46. The van der Waals surface area contributed by atoms with Crippen LogP contribution in [0.5, 0.6) is 0 Å². The fourth-order valence-electron chi connectivity index (χ4n) is 3.17. The predicted octanol–water partition coefficient (Wildman–Crippen LogP) is 3.25. The summed E-state index contributed by atoms with van der Waals surface area (Å²) in [5.41, 5.74) is 5.64. The molecule has 1 aliphatic heterocycles. The number of aromatic nitrogens is 4. The van der Waals surface area contributed by atoms with E-state index in [1.807, 2.05) is 13.0 Å². The van der Waals surface area contributed by atoms with Crippen LogP contribution in [-0.2, 0) is 13.0 Å². The van der Waals surface area contributed by atoms with Crippen molar-refractivity contribution in [2.45, 2.75) is 26.8 Å². The second kappa shape index (κ2) is 6.20. The van der Waals surface area contributed by atoms with Crippen molar-refractivity contribution in [1.29, 1.82) is 0 Å². The number of fused-ring (bicyclic) bond motifs is 1. The van der Waals surface area contributed by atoms with Crippen LogP contribution in [0.15, 0.2) is 36.8 Å². The molecule has 5 nitrogen and oxygen atoms in total. The minimum Gasteiger partial charge on any atom is -0.350 e. The van der Waals surface area contributed by atoms with Gasteiger partial charge in [0.15, 0.2) is 5.82 Å². The van der Waals surface area contributed by atoms with Crippen LogP contribution in [0.3, 0.4) is 0 Å². The molecule has 25 heavy (non-hydrogen) atoms. The van der Waals surface area contributed by atoms with Crippen LogP contribution in [0, 0.1) is 19.8 Å². The second-order valence-electron chi connectivity index (χ2n) is 6.32. The van der Waals surface area contributed by atoms with Gasteiger partial charge in [-0.1, -0.05) is 0 Å². The molecule has 0 fully saturated rings. The first kappa shape index (κ1) is 15.6. The lowest BCUT2D eigenvalue weighted by Gasteiger charge is -2.30. The summed E-state index contributed by atoms with van der Waals surface area (Å²) in [6.45, 7) is 5.64. The molecule has 0 N–H and O–H groups in total. The predicted molar refractivity (Wildman–Crippen MR) is 93.7 cm³/mol. The highest BCUT2D eigenvalue weighted by Gasteiger charge is 2.21. The van der Waals surface area contributed by atoms with E-state index < -0.39 is 5.95 Å². The Labute approximate surface area is 145 Å². The van der Waals surface area contributed by atoms with Crippen LogP contribution in [0.2, 0.25) is 0 Å². The van der Waals surface area contributed by atoms with Gasteiger partial charge in [-0.25, -0.2) is 4.98 Å². The van der Waals surface area contributed by atoms with Gasteiger partial charge in [-0.05, 0) is 48.7 Å². The molecule has 0 aliphatic carbocycles. The summed E-state index contributed by atoms with van der Waals surface area (Å²) in [5, 5.41) is 8.40. The lowest BCUT2D eigenvalue weighted by atomic mass is 10.0. The summed E-state index contributed by atoms with van der Waals surface area (Å²) in [6.07, 6.45) is 5.79. The van der Waals surface area contributed by atoms with Crippen molar-refractivity contribution in [2.75, 3.05) is 11.4 Å². The molecule has 3 aromatic heterocycles. The lowest BCUT2D eigenvalue weighted by molar-refractivity contribution is 0.587. The van der Waals surface area contributed by atoms with Crippen molar-refractivity contribution in [3.8, 4) is 11.1 Å². The van der Waals surface area contributed by atoms with Gasteiger partial charge in [-0.15, -0.1) is 5.10 Å². The van der Waals surface area contributed by atoms with Crippen LogP contribution in [0.4, 0.5) is 10.2 Å². The molecule has 3 aromatic rings. The molecule has 0 aromatic carbocycles. The van der Waals surface area contributed by atoms with E-state index in [1.54, 1.807) is 24.5 Å². The van der Waals surface area contributed by atoms with Gasteiger partial charge in [0.1, 0.15) is 0 Å². The van der Waals surface area contributed by atoms with Crippen molar-refractivity contribution >= 4 is 5.82 Å². The molecule has 126 valence electrons. The summed E-state index contributed by atoms with van der Waals surface area (Å²) in [5.74, 6) is 0.431. The molecule has 4 rings (SSSR count). The minimum atomic E-state index is -0.475. The molecular formula is C19H18FN5. The second-order valence-corrected chi connectivity index (χ2v) is 6.32. The number of pyridine rings is 2. The third-order valence-corrected chi connectivity index (χ3v) is 4.74. The van der Waals surface area contributed by atoms with E-state index in [9.17, 15) is 4.39 Å². The largest absolute Gasteiger partial charge is 0.350 e. The average molecular weight is 335 g/mol. The highest BCUT2D eigenvalue weighted by atomic mass is 19.1. The van der Waals surface area contributed by atoms with E-state index in [0.717, 1.165) is 46.7 Å². The Balaban J connectivity index is 1.70. The zero-order valence-electron chi connectivity index (χ0n) is 14.2. The first-order valence-corrected chi connectivity index (χ1v) is 8.26. The zero-order valence-corrected chi connectivity index (χ0v) is 14.2. The van der Waals surface area contributed by atoms with Crippen molar-refractivity contribution < 1.29 is 4.39 Å². The molecule has 0 amide bonds. The number of anilines is 1. The first-order valence-electron chi connectivity index (χ1n) is 8.26. The van der Waals surface area contributed by atoms with Gasteiger partial charge in [-0.3, -0.25) is 4.98 Å². The Morgan fingerprint density at radius 1 is 1.16 bits per heavy atom. The molecule has 0 saturated carbocycles. The average Bonchev–Trinajstić information content (AvgIpc) is 2.63. The maximum Gasteiger partial charge on any atom is 0.220 e. The molecular weight excluding hydrogens is 317 g/mol. The standard InChI is InChI=1S/C19H18FN5/c1-12-9-23-24-19(13(12)2)25-7-5-17-15(11-25)8-14(10-22-17)16-4-3-6-21-18(16)20/h3-4,6,8-10H,5,7,11H2,1-2H3. The molecule has 0 spiro atoms. The van der Waals surface area contributed by atoms with Crippen LogP contribution < -0.4 is 4.90 Å². The highest BCUT2D eigenvalue weighted by molar-refractivity contribution is 5.63. The van der Waals surface area contributed by atoms with E-state index >= 15 is 0 Å².